The first-order valence-electron chi connectivity index (χ1n) is 5.70. The van der Waals surface area contributed by atoms with Crippen molar-refractivity contribution in [1.29, 1.82) is 0 Å². The third-order valence-electron chi connectivity index (χ3n) is 2.93. The normalized spacial score (nSPS) is 12.2. The van der Waals surface area contributed by atoms with Gasteiger partial charge in [-0.15, -0.1) is 0 Å². The lowest BCUT2D eigenvalue weighted by Gasteiger charge is -2.14. The van der Waals surface area contributed by atoms with Crippen LogP contribution in [0, 0.1) is 19.8 Å². The standard InChI is InChI=1S/C13H20N2O2/c1-8-4-10(5-9(2)12(8)16)6-11(7-14)13(17)15-3/h4-5,11,16H,6-7,14H2,1-3H3,(H,15,17). The van der Waals surface area contributed by atoms with Crippen LogP contribution in [-0.2, 0) is 11.2 Å². The number of hydrogen-bond donors (Lipinski definition) is 3. The van der Waals surface area contributed by atoms with Crippen molar-refractivity contribution >= 4 is 5.91 Å². The number of amides is 1. The average Bonchev–Trinajstić information content (AvgIpc) is 2.31. The fourth-order valence-electron chi connectivity index (χ4n) is 1.94. The molecule has 94 valence electrons. The average molecular weight is 236 g/mol. The number of hydrogen-bond acceptors (Lipinski definition) is 3. The van der Waals surface area contributed by atoms with Gasteiger partial charge in [-0.25, -0.2) is 0 Å². The second-order valence-corrected chi connectivity index (χ2v) is 4.33. The van der Waals surface area contributed by atoms with Gasteiger partial charge < -0.3 is 16.2 Å². The van der Waals surface area contributed by atoms with Gasteiger partial charge in [0.15, 0.2) is 0 Å². The van der Waals surface area contributed by atoms with Crippen molar-refractivity contribution in [2.75, 3.05) is 13.6 Å². The van der Waals surface area contributed by atoms with Crippen LogP contribution in [0.1, 0.15) is 16.7 Å². The highest BCUT2D eigenvalue weighted by molar-refractivity contribution is 5.78. The fourth-order valence-corrected chi connectivity index (χ4v) is 1.94. The lowest BCUT2D eigenvalue weighted by atomic mass is 9.95. The van der Waals surface area contributed by atoms with Crippen molar-refractivity contribution in [3.05, 3.63) is 28.8 Å². The Morgan fingerprint density at radius 3 is 2.35 bits per heavy atom. The van der Waals surface area contributed by atoms with E-state index in [4.69, 9.17) is 5.73 Å². The molecule has 0 saturated heterocycles. The van der Waals surface area contributed by atoms with Crippen LogP contribution in [0.25, 0.3) is 0 Å². The SMILES string of the molecule is CNC(=O)C(CN)Cc1cc(C)c(O)c(C)c1. The molecule has 0 fully saturated rings. The number of nitrogens with two attached hydrogens (primary N) is 1. The summed E-state index contributed by atoms with van der Waals surface area (Å²) in [5.74, 6) is 0.0530. The van der Waals surface area contributed by atoms with Gasteiger partial charge in [-0.05, 0) is 37.0 Å². The summed E-state index contributed by atoms with van der Waals surface area (Å²) in [6.07, 6.45) is 0.595. The van der Waals surface area contributed by atoms with Gasteiger partial charge in [0, 0.05) is 13.6 Å². The molecule has 1 aromatic rings. The van der Waals surface area contributed by atoms with Crippen molar-refractivity contribution in [3.63, 3.8) is 0 Å². The number of benzene rings is 1. The number of phenols is 1. The predicted molar refractivity (Wildman–Crippen MR) is 67.9 cm³/mol. The summed E-state index contributed by atoms with van der Waals surface area (Å²) < 4.78 is 0. The summed E-state index contributed by atoms with van der Waals surface area (Å²) in [7, 11) is 1.61. The molecule has 0 aromatic heterocycles. The maximum absolute atomic E-state index is 11.5. The van der Waals surface area contributed by atoms with Crippen molar-refractivity contribution in [2.24, 2.45) is 11.7 Å². The van der Waals surface area contributed by atoms with Gasteiger partial charge >= 0.3 is 0 Å². The van der Waals surface area contributed by atoms with E-state index in [1.165, 1.54) is 0 Å². The molecule has 0 spiro atoms. The van der Waals surface area contributed by atoms with Crippen molar-refractivity contribution in [2.45, 2.75) is 20.3 Å². The molecule has 1 atom stereocenters. The van der Waals surface area contributed by atoms with Crippen molar-refractivity contribution in [3.8, 4) is 5.75 Å². The Morgan fingerprint density at radius 1 is 1.41 bits per heavy atom. The van der Waals surface area contributed by atoms with Gasteiger partial charge in [0.05, 0.1) is 5.92 Å². The van der Waals surface area contributed by atoms with Gasteiger partial charge in [-0.3, -0.25) is 4.79 Å². The lowest BCUT2D eigenvalue weighted by Crippen LogP contribution is -2.34. The minimum Gasteiger partial charge on any atom is -0.507 e. The maximum Gasteiger partial charge on any atom is 0.224 e. The third kappa shape index (κ3) is 3.20. The third-order valence-corrected chi connectivity index (χ3v) is 2.93. The number of aryl methyl sites for hydroxylation is 2. The molecular weight excluding hydrogens is 216 g/mol. The lowest BCUT2D eigenvalue weighted by molar-refractivity contribution is -0.124. The molecule has 1 unspecified atom stereocenters. The second-order valence-electron chi connectivity index (χ2n) is 4.33. The molecule has 0 bridgehead atoms. The first kappa shape index (κ1) is 13.5. The quantitative estimate of drug-likeness (QED) is 0.726. The smallest absolute Gasteiger partial charge is 0.224 e. The Kier molecular flexibility index (Phi) is 4.52. The van der Waals surface area contributed by atoms with Crippen LogP contribution >= 0.6 is 0 Å². The van der Waals surface area contributed by atoms with Gasteiger partial charge in [-0.1, -0.05) is 12.1 Å². The molecule has 0 aliphatic heterocycles. The van der Waals surface area contributed by atoms with E-state index in [9.17, 15) is 9.90 Å². The number of aromatic hydroxyl groups is 1. The largest absolute Gasteiger partial charge is 0.507 e. The zero-order valence-electron chi connectivity index (χ0n) is 10.6. The highest BCUT2D eigenvalue weighted by atomic mass is 16.3. The molecule has 1 amide bonds. The Morgan fingerprint density at radius 2 is 1.94 bits per heavy atom. The minimum absolute atomic E-state index is 0.0455. The van der Waals surface area contributed by atoms with Gasteiger partial charge in [0.25, 0.3) is 0 Å². The second kappa shape index (κ2) is 5.68. The summed E-state index contributed by atoms with van der Waals surface area (Å²) in [6, 6.07) is 3.79. The van der Waals surface area contributed by atoms with Gasteiger partial charge in [0.2, 0.25) is 5.91 Å². The number of rotatable bonds is 4. The van der Waals surface area contributed by atoms with E-state index < -0.39 is 0 Å². The molecule has 4 heteroatoms. The fraction of sp³-hybridized carbons (Fsp3) is 0.462. The van der Waals surface area contributed by atoms with Crippen LogP contribution < -0.4 is 11.1 Å². The van der Waals surface area contributed by atoms with E-state index in [2.05, 4.69) is 5.32 Å². The molecule has 0 aliphatic rings. The molecule has 0 heterocycles. The monoisotopic (exact) mass is 236 g/mol. The van der Waals surface area contributed by atoms with E-state index >= 15 is 0 Å². The molecule has 1 aromatic carbocycles. The van der Waals surface area contributed by atoms with Gasteiger partial charge in [-0.2, -0.15) is 0 Å². The molecule has 4 nitrogen and oxygen atoms in total. The zero-order valence-corrected chi connectivity index (χ0v) is 10.6. The Hall–Kier alpha value is -1.55. The highest BCUT2D eigenvalue weighted by Crippen LogP contribution is 2.24. The summed E-state index contributed by atoms with van der Waals surface area (Å²) in [4.78, 5) is 11.5. The number of carbonyl (C=O) groups excluding carboxylic acids is 1. The van der Waals surface area contributed by atoms with E-state index in [1.54, 1.807) is 7.05 Å². The van der Waals surface area contributed by atoms with E-state index in [0.717, 1.165) is 16.7 Å². The van der Waals surface area contributed by atoms with Crippen LogP contribution in [0.2, 0.25) is 0 Å². The van der Waals surface area contributed by atoms with Gasteiger partial charge in [0.1, 0.15) is 5.75 Å². The van der Waals surface area contributed by atoms with E-state index in [0.29, 0.717) is 18.7 Å². The first-order chi connectivity index (χ1) is 7.99. The van der Waals surface area contributed by atoms with Crippen LogP contribution in [0.15, 0.2) is 12.1 Å². The van der Waals surface area contributed by atoms with E-state index in [-0.39, 0.29) is 11.8 Å². The molecular formula is C13H20N2O2. The van der Waals surface area contributed by atoms with Crippen molar-refractivity contribution in [1.82, 2.24) is 5.32 Å². The minimum atomic E-state index is -0.219. The van der Waals surface area contributed by atoms with Crippen LogP contribution in [0.5, 0.6) is 5.75 Å². The summed E-state index contributed by atoms with van der Waals surface area (Å²) >= 11 is 0. The predicted octanol–water partition coefficient (Wildman–Crippen LogP) is 0.872. The zero-order chi connectivity index (χ0) is 13.0. The van der Waals surface area contributed by atoms with Crippen LogP contribution in [-0.4, -0.2) is 24.6 Å². The number of carbonyl (C=O) groups is 1. The molecule has 17 heavy (non-hydrogen) atoms. The Balaban J connectivity index is 2.91. The molecule has 0 saturated carbocycles. The highest BCUT2D eigenvalue weighted by Gasteiger charge is 2.16. The summed E-state index contributed by atoms with van der Waals surface area (Å²) in [5.41, 5.74) is 8.27. The molecule has 0 radical (unpaired) electrons. The summed E-state index contributed by atoms with van der Waals surface area (Å²) in [6.45, 7) is 4.02. The molecule has 4 N–H and O–H groups in total. The van der Waals surface area contributed by atoms with Crippen molar-refractivity contribution < 1.29 is 9.90 Å². The molecule has 1 rings (SSSR count). The van der Waals surface area contributed by atoms with Crippen LogP contribution in [0.4, 0.5) is 0 Å². The molecule has 0 aliphatic carbocycles. The number of nitrogens with one attached hydrogen (secondary N) is 1. The first-order valence-corrected chi connectivity index (χ1v) is 5.70. The topological polar surface area (TPSA) is 75.4 Å². The summed E-state index contributed by atoms with van der Waals surface area (Å²) in [5, 5.41) is 12.3. The number of phenolic OH excluding ortho intramolecular Hbond substituents is 1. The van der Waals surface area contributed by atoms with E-state index in [1.807, 2.05) is 26.0 Å². The Bertz CT molecular complexity index is 393. The Labute approximate surface area is 102 Å². The maximum atomic E-state index is 11.5. The van der Waals surface area contributed by atoms with Crippen LogP contribution in [0.3, 0.4) is 0 Å².